The lowest BCUT2D eigenvalue weighted by molar-refractivity contribution is -0.154. The third-order valence-electron chi connectivity index (χ3n) is 2.88. The van der Waals surface area contributed by atoms with Crippen LogP contribution in [0.4, 0.5) is 0 Å². The summed E-state index contributed by atoms with van der Waals surface area (Å²) in [5.74, 6) is -1.33. The van der Waals surface area contributed by atoms with E-state index in [0.29, 0.717) is 0 Å². The highest BCUT2D eigenvalue weighted by molar-refractivity contribution is 9.10. The highest BCUT2D eigenvalue weighted by Crippen LogP contribution is 2.13. The number of aromatic hydroxyl groups is 1. The van der Waals surface area contributed by atoms with Gasteiger partial charge in [-0.15, -0.1) is 0 Å². The van der Waals surface area contributed by atoms with Crippen molar-refractivity contribution in [3.8, 4) is 5.75 Å². The Balaban J connectivity index is 2.58. The second-order valence-corrected chi connectivity index (χ2v) is 7.28. The normalized spacial score (nSPS) is 14.1. The van der Waals surface area contributed by atoms with Gasteiger partial charge in [0, 0.05) is 6.54 Å². The van der Waals surface area contributed by atoms with Crippen molar-refractivity contribution in [2.75, 3.05) is 6.54 Å². The van der Waals surface area contributed by atoms with Crippen LogP contribution in [0.2, 0.25) is 0 Å². The zero-order valence-electron chi connectivity index (χ0n) is 13.4. The van der Waals surface area contributed by atoms with Crippen molar-refractivity contribution in [1.29, 1.82) is 0 Å². The van der Waals surface area contributed by atoms with Gasteiger partial charge in [0.05, 0.1) is 0 Å². The molecule has 6 nitrogen and oxygen atoms in total. The largest absolute Gasteiger partial charge is 0.508 e. The van der Waals surface area contributed by atoms with E-state index in [1.165, 1.54) is 12.1 Å². The number of hydrogen-bond acceptors (Lipinski definition) is 5. The van der Waals surface area contributed by atoms with Crippen molar-refractivity contribution in [1.82, 2.24) is 5.32 Å². The minimum absolute atomic E-state index is 0.124. The number of carbonyl (C=O) groups excluding carboxylic acids is 1. The van der Waals surface area contributed by atoms with Crippen LogP contribution in [0.15, 0.2) is 24.3 Å². The molecule has 3 N–H and O–H groups in total. The van der Waals surface area contributed by atoms with Crippen LogP contribution in [0.1, 0.15) is 26.3 Å². The minimum Gasteiger partial charge on any atom is -0.508 e. The van der Waals surface area contributed by atoms with Gasteiger partial charge < -0.3 is 20.3 Å². The van der Waals surface area contributed by atoms with Crippen LogP contribution in [0.5, 0.6) is 5.75 Å². The number of alkyl halides is 1. The van der Waals surface area contributed by atoms with E-state index in [1.54, 1.807) is 32.9 Å². The van der Waals surface area contributed by atoms with Crippen molar-refractivity contribution in [3.63, 3.8) is 0 Å². The minimum atomic E-state index is -1.01. The molecule has 1 aromatic rings. The SMILES string of the molecule is CC(C)(C)OC(=O)C(Br)CN[C@@H](Cc1ccc(O)cc1)C(=O)O. The van der Waals surface area contributed by atoms with Crippen molar-refractivity contribution >= 4 is 27.9 Å². The van der Waals surface area contributed by atoms with E-state index in [0.717, 1.165) is 5.56 Å². The van der Waals surface area contributed by atoms with Crippen LogP contribution < -0.4 is 5.32 Å². The molecule has 0 aliphatic heterocycles. The molecule has 0 aliphatic rings. The number of phenols is 1. The highest BCUT2D eigenvalue weighted by Gasteiger charge is 2.25. The molecule has 0 aromatic heterocycles. The zero-order chi connectivity index (χ0) is 17.6. The van der Waals surface area contributed by atoms with Gasteiger partial charge in [-0.3, -0.25) is 9.59 Å². The first-order valence-corrected chi connectivity index (χ1v) is 8.11. The van der Waals surface area contributed by atoms with Gasteiger partial charge in [-0.1, -0.05) is 28.1 Å². The van der Waals surface area contributed by atoms with Crippen molar-refractivity contribution in [2.45, 2.75) is 43.7 Å². The molecular weight excluding hydrogens is 366 g/mol. The Bertz CT molecular complexity index is 538. The number of carboxylic acids is 1. The zero-order valence-corrected chi connectivity index (χ0v) is 15.0. The highest BCUT2D eigenvalue weighted by atomic mass is 79.9. The van der Waals surface area contributed by atoms with Gasteiger partial charge in [-0.2, -0.15) is 0 Å². The molecule has 0 saturated carbocycles. The van der Waals surface area contributed by atoms with E-state index in [9.17, 15) is 19.8 Å². The predicted molar refractivity (Wildman–Crippen MR) is 89.8 cm³/mol. The Hall–Kier alpha value is -1.60. The molecule has 1 rings (SSSR count). The van der Waals surface area contributed by atoms with Gasteiger partial charge in [-0.25, -0.2) is 0 Å². The van der Waals surface area contributed by atoms with E-state index in [1.807, 2.05) is 0 Å². The van der Waals surface area contributed by atoms with E-state index >= 15 is 0 Å². The lowest BCUT2D eigenvalue weighted by atomic mass is 10.1. The van der Waals surface area contributed by atoms with Gasteiger partial charge >= 0.3 is 11.9 Å². The average molecular weight is 388 g/mol. The Morgan fingerprint density at radius 3 is 2.30 bits per heavy atom. The van der Waals surface area contributed by atoms with E-state index in [-0.39, 0.29) is 18.7 Å². The fourth-order valence-electron chi connectivity index (χ4n) is 1.81. The molecule has 2 atom stereocenters. The molecule has 0 saturated heterocycles. The van der Waals surface area contributed by atoms with Crippen molar-refractivity contribution in [2.24, 2.45) is 0 Å². The van der Waals surface area contributed by atoms with Crippen LogP contribution >= 0.6 is 15.9 Å². The standard InChI is InChI=1S/C16H22BrNO5/c1-16(2,3)23-15(22)12(17)9-18-13(14(20)21)8-10-4-6-11(19)7-5-10/h4-7,12-13,18-19H,8-9H2,1-3H3,(H,20,21)/t12?,13-/m0/s1. The van der Waals surface area contributed by atoms with E-state index in [4.69, 9.17) is 4.74 Å². The third kappa shape index (κ3) is 7.47. The van der Waals surface area contributed by atoms with Crippen LogP contribution in [0.25, 0.3) is 0 Å². The fourth-order valence-corrected chi connectivity index (χ4v) is 2.09. The molecule has 0 spiro atoms. The summed E-state index contributed by atoms with van der Waals surface area (Å²) in [6, 6.07) is 5.48. The number of rotatable bonds is 7. The van der Waals surface area contributed by atoms with E-state index < -0.39 is 28.4 Å². The van der Waals surface area contributed by atoms with Gasteiger partial charge in [0.15, 0.2) is 0 Å². The molecule has 0 aliphatic carbocycles. The van der Waals surface area contributed by atoms with Crippen molar-refractivity contribution < 1.29 is 24.5 Å². The Morgan fingerprint density at radius 1 is 1.26 bits per heavy atom. The second kappa shape index (κ2) is 8.31. The number of benzene rings is 1. The number of nitrogens with one attached hydrogen (secondary N) is 1. The first-order chi connectivity index (χ1) is 10.6. The Kier molecular flexibility index (Phi) is 7.02. The number of aliphatic carboxylic acids is 1. The third-order valence-corrected chi connectivity index (χ3v) is 3.58. The Labute approximate surface area is 144 Å². The van der Waals surface area contributed by atoms with Gasteiger partial charge in [0.2, 0.25) is 0 Å². The maximum absolute atomic E-state index is 11.9. The lowest BCUT2D eigenvalue weighted by Gasteiger charge is -2.22. The van der Waals surface area contributed by atoms with Crippen LogP contribution in [0.3, 0.4) is 0 Å². The molecular formula is C16H22BrNO5. The molecule has 0 heterocycles. The summed E-state index contributed by atoms with van der Waals surface area (Å²) >= 11 is 3.21. The van der Waals surface area contributed by atoms with Crippen LogP contribution in [0, 0.1) is 0 Å². The summed E-state index contributed by atoms with van der Waals surface area (Å²) in [5.41, 5.74) is 0.174. The van der Waals surface area contributed by atoms with Crippen molar-refractivity contribution in [3.05, 3.63) is 29.8 Å². The number of ether oxygens (including phenoxy) is 1. The molecule has 0 amide bonds. The molecule has 128 valence electrons. The molecule has 0 bridgehead atoms. The first kappa shape index (κ1) is 19.4. The molecule has 0 fully saturated rings. The quantitative estimate of drug-likeness (QED) is 0.489. The summed E-state index contributed by atoms with van der Waals surface area (Å²) in [6.07, 6.45) is 0.240. The van der Waals surface area contributed by atoms with Gasteiger partial charge in [0.25, 0.3) is 0 Å². The molecule has 1 aromatic carbocycles. The summed E-state index contributed by atoms with van der Waals surface area (Å²) < 4.78 is 5.22. The number of carboxylic acid groups (broad SMARTS) is 1. The monoisotopic (exact) mass is 387 g/mol. The molecule has 23 heavy (non-hydrogen) atoms. The lowest BCUT2D eigenvalue weighted by Crippen LogP contribution is -2.43. The maximum atomic E-state index is 11.9. The fraction of sp³-hybridized carbons (Fsp3) is 0.500. The summed E-state index contributed by atoms with van der Waals surface area (Å²) in [7, 11) is 0. The maximum Gasteiger partial charge on any atom is 0.321 e. The predicted octanol–water partition coefficient (Wildman–Crippen LogP) is 2.08. The van der Waals surface area contributed by atoms with Crippen LogP contribution in [-0.2, 0) is 20.7 Å². The van der Waals surface area contributed by atoms with Gasteiger partial charge in [0.1, 0.15) is 22.2 Å². The summed E-state index contributed by atoms with van der Waals surface area (Å²) in [5, 5.41) is 21.4. The number of phenolic OH excluding ortho intramolecular Hbond substituents is 1. The Morgan fingerprint density at radius 2 is 1.83 bits per heavy atom. The summed E-state index contributed by atoms with van der Waals surface area (Å²) in [4.78, 5) is 22.6. The topological polar surface area (TPSA) is 95.9 Å². The van der Waals surface area contributed by atoms with E-state index in [2.05, 4.69) is 21.2 Å². The van der Waals surface area contributed by atoms with Crippen LogP contribution in [-0.4, -0.2) is 45.2 Å². The number of esters is 1. The first-order valence-electron chi connectivity index (χ1n) is 7.19. The summed E-state index contributed by atoms with van der Waals surface area (Å²) in [6.45, 7) is 5.43. The average Bonchev–Trinajstić information content (AvgIpc) is 2.42. The smallest absolute Gasteiger partial charge is 0.321 e. The molecule has 0 radical (unpaired) electrons. The number of halogens is 1. The van der Waals surface area contributed by atoms with Gasteiger partial charge in [-0.05, 0) is 44.9 Å². The molecule has 1 unspecified atom stereocenters. The second-order valence-electron chi connectivity index (χ2n) is 6.17. The molecule has 7 heteroatoms. The number of hydrogen-bond donors (Lipinski definition) is 3. The number of carbonyl (C=O) groups is 2.